The molecule has 1 unspecified atom stereocenters. The molecule has 1 aromatic carbocycles. The summed E-state index contributed by atoms with van der Waals surface area (Å²) in [5, 5.41) is 1.39. The van der Waals surface area contributed by atoms with Crippen LogP contribution in [0.3, 0.4) is 0 Å². The van der Waals surface area contributed by atoms with Crippen LogP contribution < -0.4 is 5.73 Å². The highest BCUT2D eigenvalue weighted by Crippen LogP contribution is 2.28. The molecule has 0 aromatic heterocycles. The average Bonchev–Trinajstić information content (AvgIpc) is 2.25. The van der Waals surface area contributed by atoms with Gasteiger partial charge in [-0.05, 0) is 51.2 Å². The van der Waals surface area contributed by atoms with E-state index in [2.05, 4.69) is 18.9 Å². The van der Waals surface area contributed by atoms with Crippen LogP contribution in [0.5, 0.6) is 0 Å². The summed E-state index contributed by atoms with van der Waals surface area (Å²) in [6, 6.07) is 5.91. The molecule has 0 aliphatic carbocycles. The van der Waals surface area contributed by atoms with E-state index in [1.165, 1.54) is 0 Å². The van der Waals surface area contributed by atoms with E-state index in [0.29, 0.717) is 11.6 Å². The van der Waals surface area contributed by atoms with E-state index < -0.39 is 0 Å². The maximum atomic E-state index is 6.17. The molecule has 90 valence electrons. The monoisotopic (exact) mass is 260 g/mol. The van der Waals surface area contributed by atoms with E-state index in [1.807, 2.05) is 12.1 Å². The first-order valence-corrected chi connectivity index (χ1v) is 6.17. The minimum atomic E-state index is 0.274. The van der Waals surface area contributed by atoms with Crippen LogP contribution in [0.25, 0.3) is 0 Å². The molecule has 0 saturated heterocycles. The van der Waals surface area contributed by atoms with Gasteiger partial charge in [0.05, 0.1) is 0 Å². The molecule has 0 amide bonds. The lowest BCUT2D eigenvalue weighted by Crippen LogP contribution is -2.25. The highest BCUT2D eigenvalue weighted by molar-refractivity contribution is 6.35. The second-order valence-electron chi connectivity index (χ2n) is 3.96. The summed E-state index contributed by atoms with van der Waals surface area (Å²) in [6.45, 7) is 3.81. The first kappa shape index (κ1) is 13.8. The molecule has 4 heteroatoms. The van der Waals surface area contributed by atoms with Gasteiger partial charge in [0.1, 0.15) is 0 Å². The summed E-state index contributed by atoms with van der Waals surface area (Å²) in [5.74, 6) is 0. The summed E-state index contributed by atoms with van der Waals surface area (Å²) in [5.41, 5.74) is 6.60. The molecule has 0 heterocycles. The topological polar surface area (TPSA) is 29.3 Å². The van der Waals surface area contributed by atoms with Gasteiger partial charge in [-0.1, -0.05) is 29.3 Å². The SMILES string of the molecule is CC(c1ccc(Cl)cc1Cl)N(C)CCCN. The fourth-order valence-electron chi connectivity index (χ4n) is 1.61. The van der Waals surface area contributed by atoms with Crippen LogP contribution in [0.1, 0.15) is 24.9 Å². The van der Waals surface area contributed by atoms with Crippen molar-refractivity contribution in [3.63, 3.8) is 0 Å². The molecule has 0 aliphatic heterocycles. The Bertz CT molecular complexity index is 342. The zero-order chi connectivity index (χ0) is 12.1. The number of hydrogen-bond donors (Lipinski definition) is 1. The van der Waals surface area contributed by atoms with Crippen molar-refractivity contribution in [2.24, 2.45) is 5.73 Å². The Morgan fingerprint density at radius 1 is 1.38 bits per heavy atom. The van der Waals surface area contributed by atoms with Crippen molar-refractivity contribution >= 4 is 23.2 Å². The van der Waals surface area contributed by atoms with E-state index in [0.717, 1.165) is 23.6 Å². The predicted molar refractivity (Wildman–Crippen MR) is 71.2 cm³/mol. The molecular formula is C12H18Cl2N2. The minimum Gasteiger partial charge on any atom is -0.330 e. The molecule has 2 nitrogen and oxygen atoms in total. The third-order valence-electron chi connectivity index (χ3n) is 2.79. The van der Waals surface area contributed by atoms with Gasteiger partial charge >= 0.3 is 0 Å². The van der Waals surface area contributed by atoms with E-state index in [9.17, 15) is 0 Å². The summed E-state index contributed by atoms with van der Waals surface area (Å²) in [6.07, 6.45) is 0.992. The van der Waals surface area contributed by atoms with Crippen molar-refractivity contribution in [3.8, 4) is 0 Å². The number of rotatable bonds is 5. The van der Waals surface area contributed by atoms with Crippen LogP contribution in [0.15, 0.2) is 18.2 Å². The third-order valence-corrected chi connectivity index (χ3v) is 3.35. The van der Waals surface area contributed by atoms with Crippen molar-refractivity contribution in [3.05, 3.63) is 33.8 Å². The van der Waals surface area contributed by atoms with Crippen molar-refractivity contribution in [2.75, 3.05) is 20.1 Å². The van der Waals surface area contributed by atoms with Crippen LogP contribution in [0, 0.1) is 0 Å². The summed E-state index contributed by atoms with van der Waals surface area (Å²) < 4.78 is 0. The lowest BCUT2D eigenvalue weighted by Gasteiger charge is -2.25. The lowest BCUT2D eigenvalue weighted by molar-refractivity contribution is 0.260. The number of benzene rings is 1. The molecular weight excluding hydrogens is 243 g/mol. The normalized spacial score (nSPS) is 13.1. The van der Waals surface area contributed by atoms with Crippen LogP contribution in [-0.2, 0) is 0 Å². The zero-order valence-electron chi connectivity index (χ0n) is 9.71. The molecule has 16 heavy (non-hydrogen) atoms. The first-order valence-electron chi connectivity index (χ1n) is 5.41. The van der Waals surface area contributed by atoms with Crippen LogP contribution in [-0.4, -0.2) is 25.0 Å². The summed E-state index contributed by atoms with van der Waals surface area (Å²) in [4.78, 5) is 2.24. The Hall–Kier alpha value is -0.280. The largest absolute Gasteiger partial charge is 0.330 e. The number of nitrogens with two attached hydrogens (primary N) is 1. The maximum absolute atomic E-state index is 6.17. The summed E-state index contributed by atoms with van der Waals surface area (Å²) >= 11 is 12.0. The second-order valence-corrected chi connectivity index (χ2v) is 4.81. The maximum Gasteiger partial charge on any atom is 0.0468 e. The molecule has 1 atom stereocenters. The Morgan fingerprint density at radius 3 is 2.62 bits per heavy atom. The predicted octanol–water partition coefficient (Wildman–Crippen LogP) is 3.34. The molecule has 0 saturated carbocycles. The van der Waals surface area contributed by atoms with Gasteiger partial charge in [0, 0.05) is 16.1 Å². The van der Waals surface area contributed by atoms with Gasteiger partial charge in [-0.3, -0.25) is 4.90 Å². The van der Waals surface area contributed by atoms with Gasteiger partial charge in [-0.2, -0.15) is 0 Å². The van der Waals surface area contributed by atoms with E-state index in [1.54, 1.807) is 6.07 Å². The Labute approximate surface area is 107 Å². The van der Waals surface area contributed by atoms with Crippen molar-refractivity contribution in [1.29, 1.82) is 0 Å². The van der Waals surface area contributed by atoms with Gasteiger partial charge in [0.2, 0.25) is 0 Å². The zero-order valence-corrected chi connectivity index (χ0v) is 11.2. The fourth-order valence-corrected chi connectivity index (χ4v) is 2.18. The van der Waals surface area contributed by atoms with E-state index in [-0.39, 0.29) is 6.04 Å². The molecule has 1 rings (SSSR count). The molecule has 0 aliphatic rings. The quantitative estimate of drug-likeness (QED) is 0.880. The average molecular weight is 261 g/mol. The van der Waals surface area contributed by atoms with Gasteiger partial charge < -0.3 is 5.73 Å². The highest BCUT2D eigenvalue weighted by Gasteiger charge is 2.14. The number of halogens is 2. The van der Waals surface area contributed by atoms with E-state index in [4.69, 9.17) is 28.9 Å². The van der Waals surface area contributed by atoms with Gasteiger partial charge in [-0.15, -0.1) is 0 Å². The molecule has 0 radical (unpaired) electrons. The van der Waals surface area contributed by atoms with E-state index >= 15 is 0 Å². The van der Waals surface area contributed by atoms with Crippen molar-refractivity contribution in [2.45, 2.75) is 19.4 Å². The first-order chi connectivity index (χ1) is 7.56. The fraction of sp³-hybridized carbons (Fsp3) is 0.500. The Kier molecular flexibility index (Phi) is 5.56. The van der Waals surface area contributed by atoms with Gasteiger partial charge in [0.25, 0.3) is 0 Å². The Morgan fingerprint density at radius 2 is 2.06 bits per heavy atom. The summed E-state index contributed by atoms with van der Waals surface area (Å²) in [7, 11) is 2.07. The second kappa shape index (κ2) is 6.45. The van der Waals surface area contributed by atoms with Gasteiger partial charge in [-0.25, -0.2) is 0 Å². The van der Waals surface area contributed by atoms with Crippen LogP contribution >= 0.6 is 23.2 Å². The van der Waals surface area contributed by atoms with Crippen LogP contribution in [0.2, 0.25) is 10.0 Å². The van der Waals surface area contributed by atoms with Crippen LogP contribution in [0.4, 0.5) is 0 Å². The number of hydrogen-bond acceptors (Lipinski definition) is 2. The third kappa shape index (κ3) is 3.63. The molecule has 0 bridgehead atoms. The minimum absolute atomic E-state index is 0.274. The Balaban J connectivity index is 2.75. The van der Waals surface area contributed by atoms with Crippen molar-refractivity contribution in [1.82, 2.24) is 4.90 Å². The highest BCUT2D eigenvalue weighted by atomic mass is 35.5. The molecule has 0 fully saturated rings. The molecule has 1 aromatic rings. The molecule has 0 spiro atoms. The lowest BCUT2D eigenvalue weighted by atomic mass is 10.1. The standard InChI is InChI=1S/C12H18Cl2N2/c1-9(16(2)7-3-6-15)11-5-4-10(13)8-12(11)14/h4-5,8-9H,3,6-7,15H2,1-2H3. The smallest absolute Gasteiger partial charge is 0.0468 e. The number of nitrogens with zero attached hydrogens (tertiary/aromatic N) is 1. The molecule has 2 N–H and O–H groups in total. The van der Waals surface area contributed by atoms with Gasteiger partial charge in [0.15, 0.2) is 0 Å². The van der Waals surface area contributed by atoms with Crippen molar-refractivity contribution < 1.29 is 0 Å².